The Morgan fingerprint density at radius 1 is 1.12 bits per heavy atom. The van der Waals surface area contributed by atoms with E-state index >= 15 is 0 Å². The average molecular weight is 467 g/mol. The summed E-state index contributed by atoms with van der Waals surface area (Å²) in [5, 5.41) is 12.7. The zero-order valence-electron chi connectivity index (χ0n) is 17.3. The fraction of sp³-hybridized carbons (Fsp3) is 0.130. The number of thiazole rings is 1. The topological polar surface area (TPSA) is 77.0 Å². The molecular weight excluding hydrogens is 447 g/mol. The first-order valence-corrected chi connectivity index (χ1v) is 11.5. The maximum Gasteiger partial charge on any atom is 0.234 e. The van der Waals surface area contributed by atoms with Crippen LogP contribution in [0, 0.1) is 12.7 Å². The van der Waals surface area contributed by atoms with Gasteiger partial charge in [0.2, 0.25) is 5.91 Å². The Morgan fingerprint density at radius 3 is 2.62 bits per heavy atom. The van der Waals surface area contributed by atoms with Gasteiger partial charge in [0, 0.05) is 11.3 Å². The number of hydrogen-bond donors (Lipinski definition) is 1. The van der Waals surface area contributed by atoms with Crippen LogP contribution < -0.4 is 10.1 Å². The van der Waals surface area contributed by atoms with Crippen molar-refractivity contribution < 1.29 is 13.9 Å². The number of hydrogen-bond acceptors (Lipinski definition) is 7. The molecule has 2 aromatic heterocycles. The lowest BCUT2D eigenvalue weighted by Crippen LogP contribution is -2.14. The fourth-order valence-corrected chi connectivity index (χ4v) is 4.56. The zero-order valence-corrected chi connectivity index (χ0v) is 19.0. The summed E-state index contributed by atoms with van der Waals surface area (Å²) in [4.78, 5) is 17.7. The number of amides is 1. The quantitative estimate of drug-likeness (QED) is 0.365. The molecule has 32 heavy (non-hydrogen) atoms. The molecule has 0 bridgehead atoms. The Balaban J connectivity index is 1.40. The number of benzene rings is 2. The highest BCUT2D eigenvalue weighted by atomic mass is 32.2. The van der Waals surface area contributed by atoms with Crippen LogP contribution in [0.25, 0.3) is 21.1 Å². The third-order valence-corrected chi connectivity index (χ3v) is 6.61. The molecule has 0 aliphatic heterocycles. The van der Waals surface area contributed by atoms with E-state index < -0.39 is 5.82 Å². The Bertz CT molecular complexity index is 1230. The molecule has 4 rings (SSSR count). The van der Waals surface area contributed by atoms with Crippen LogP contribution in [0.3, 0.4) is 0 Å². The predicted molar refractivity (Wildman–Crippen MR) is 126 cm³/mol. The number of carbonyl (C=O) groups excluding carboxylic acids is 1. The summed E-state index contributed by atoms with van der Waals surface area (Å²) in [6, 6.07) is 17.2. The van der Waals surface area contributed by atoms with E-state index in [0.29, 0.717) is 10.7 Å². The summed E-state index contributed by atoms with van der Waals surface area (Å²) in [6.07, 6.45) is 0. The second-order valence-corrected chi connectivity index (χ2v) is 8.76. The van der Waals surface area contributed by atoms with Gasteiger partial charge in [-0.2, -0.15) is 0 Å². The summed E-state index contributed by atoms with van der Waals surface area (Å²) in [6.45, 7) is 1.94. The zero-order chi connectivity index (χ0) is 22.5. The van der Waals surface area contributed by atoms with E-state index in [1.807, 2.05) is 43.3 Å². The van der Waals surface area contributed by atoms with Crippen LogP contribution in [0.2, 0.25) is 0 Å². The molecule has 4 aromatic rings. The molecule has 1 amide bonds. The number of aromatic nitrogens is 3. The first-order chi connectivity index (χ1) is 15.5. The minimum Gasteiger partial charge on any atom is -0.497 e. The van der Waals surface area contributed by atoms with E-state index in [2.05, 4.69) is 20.5 Å². The van der Waals surface area contributed by atoms with E-state index in [1.54, 1.807) is 30.6 Å². The number of aryl methyl sites for hydroxylation is 1. The van der Waals surface area contributed by atoms with Crippen LogP contribution in [-0.4, -0.2) is 34.0 Å². The molecule has 0 spiro atoms. The molecule has 2 aromatic carbocycles. The third kappa shape index (κ3) is 5.30. The van der Waals surface area contributed by atoms with Crippen LogP contribution in [0.4, 0.5) is 10.1 Å². The van der Waals surface area contributed by atoms with Gasteiger partial charge in [0.25, 0.3) is 0 Å². The second kappa shape index (κ2) is 9.88. The molecule has 162 valence electrons. The van der Waals surface area contributed by atoms with Gasteiger partial charge in [-0.05, 0) is 61.5 Å². The highest BCUT2D eigenvalue weighted by Gasteiger charge is 2.14. The van der Waals surface area contributed by atoms with Crippen molar-refractivity contribution in [1.29, 1.82) is 0 Å². The van der Waals surface area contributed by atoms with Crippen LogP contribution in [0.1, 0.15) is 5.69 Å². The standard InChI is InChI=1S/C23H19FN4O2S2/c1-14-22(32-23(25-14)15-6-8-18(30-2)9-7-15)19-10-11-21(28-27-19)31-13-20(29)26-17-5-3-4-16(24)12-17/h3-12H,13H2,1-2H3,(H,26,29). The van der Waals surface area contributed by atoms with Crippen LogP contribution >= 0.6 is 23.1 Å². The number of halogens is 1. The predicted octanol–water partition coefficient (Wildman–Crippen LogP) is 5.45. The highest BCUT2D eigenvalue weighted by molar-refractivity contribution is 7.99. The number of anilines is 1. The first-order valence-electron chi connectivity index (χ1n) is 9.66. The van der Waals surface area contributed by atoms with Gasteiger partial charge in [0.1, 0.15) is 27.3 Å². The van der Waals surface area contributed by atoms with E-state index in [0.717, 1.165) is 32.6 Å². The van der Waals surface area contributed by atoms with Crippen molar-refractivity contribution in [3.63, 3.8) is 0 Å². The highest BCUT2D eigenvalue weighted by Crippen LogP contribution is 2.35. The van der Waals surface area contributed by atoms with Gasteiger partial charge in [0.05, 0.1) is 23.4 Å². The smallest absolute Gasteiger partial charge is 0.234 e. The van der Waals surface area contributed by atoms with Gasteiger partial charge in [-0.15, -0.1) is 21.5 Å². The first kappa shape index (κ1) is 21.9. The van der Waals surface area contributed by atoms with Crippen molar-refractivity contribution in [3.8, 4) is 26.9 Å². The lowest BCUT2D eigenvalue weighted by molar-refractivity contribution is -0.113. The Kier molecular flexibility index (Phi) is 6.77. The maximum atomic E-state index is 13.2. The molecular formula is C23H19FN4O2S2. The van der Waals surface area contributed by atoms with Crippen LogP contribution in [-0.2, 0) is 4.79 Å². The van der Waals surface area contributed by atoms with Crippen molar-refractivity contribution in [1.82, 2.24) is 15.2 Å². The van der Waals surface area contributed by atoms with E-state index in [-0.39, 0.29) is 11.7 Å². The number of nitrogens with one attached hydrogen (secondary N) is 1. The van der Waals surface area contributed by atoms with Gasteiger partial charge >= 0.3 is 0 Å². The fourth-order valence-electron chi connectivity index (χ4n) is 2.91. The Labute approximate surface area is 192 Å². The van der Waals surface area contributed by atoms with Crippen molar-refractivity contribution in [3.05, 3.63) is 72.2 Å². The number of carbonyl (C=O) groups is 1. The lowest BCUT2D eigenvalue weighted by atomic mass is 10.2. The summed E-state index contributed by atoms with van der Waals surface area (Å²) in [5.41, 5.74) is 3.04. The SMILES string of the molecule is COc1ccc(-c2nc(C)c(-c3ccc(SCC(=O)Nc4cccc(F)c4)nn3)s2)cc1. The van der Waals surface area contributed by atoms with Crippen LogP contribution in [0.5, 0.6) is 5.75 Å². The monoisotopic (exact) mass is 466 g/mol. The molecule has 0 atom stereocenters. The second-order valence-electron chi connectivity index (χ2n) is 6.77. The minimum atomic E-state index is -0.398. The Morgan fingerprint density at radius 2 is 1.94 bits per heavy atom. The third-order valence-electron chi connectivity index (χ3n) is 4.47. The number of methoxy groups -OCH3 is 1. The van der Waals surface area contributed by atoms with E-state index in [4.69, 9.17) is 4.74 Å². The molecule has 0 radical (unpaired) electrons. The van der Waals surface area contributed by atoms with E-state index in [1.165, 1.54) is 23.9 Å². The van der Waals surface area contributed by atoms with Crippen molar-refractivity contribution >= 4 is 34.7 Å². The number of nitrogens with zero attached hydrogens (tertiary/aromatic N) is 3. The summed E-state index contributed by atoms with van der Waals surface area (Å²) < 4.78 is 18.4. The van der Waals surface area contributed by atoms with Gasteiger partial charge in [-0.1, -0.05) is 17.8 Å². The molecule has 0 aliphatic carbocycles. The molecule has 0 fully saturated rings. The van der Waals surface area contributed by atoms with Gasteiger partial charge in [-0.3, -0.25) is 4.79 Å². The lowest BCUT2D eigenvalue weighted by Gasteiger charge is -2.05. The van der Waals surface area contributed by atoms with Crippen molar-refractivity contribution in [2.45, 2.75) is 11.9 Å². The normalized spacial score (nSPS) is 10.7. The molecule has 0 unspecified atom stereocenters. The van der Waals surface area contributed by atoms with Gasteiger partial charge < -0.3 is 10.1 Å². The van der Waals surface area contributed by atoms with Crippen molar-refractivity contribution in [2.24, 2.45) is 0 Å². The number of thioether (sulfide) groups is 1. The van der Waals surface area contributed by atoms with E-state index in [9.17, 15) is 9.18 Å². The molecule has 0 saturated heterocycles. The molecule has 2 heterocycles. The molecule has 9 heteroatoms. The molecule has 0 saturated carbocycles. The van der Waals surface area contributed by atoms with Crippen molar-refractivity contribution in [2.75, 3.05) is 18.2 Å². The molecule has 0 aliphatic rings. The Hall–Kier alpha value is -3.30. The molecule has 1 N–H and O–H groups in total. The number of rotatable bonds is 7. The summed E-state index contributed by atoms with van der Waals surface area (Å²) in [7, 11) is 1.64. The molecule has 6 nitrogen and oxygen atoms in total. The number of ether oxygens (including phenoxy) is 1. The largest absolute Gasteiger partial charge is 0.497 e. The summed E-state index contributed by atoms with van der Waals surface area (Å²) in [5.74, 6) is 0.302. The van der Waals surface area contributed by atoms with Gasteiger partial charge in [-0.25, -0.2) is 9.37 Å². The minimum absolute atomic E-state index is 0.145. The van der Waals surface area contributed by atoms with Gasteiger partial charge in [0.15, 0.2) is 0 Å². The average Bonchev–Trinajstić information content (AvgIpc) is 3.19. The van der Waals surface area contributed by atoms with Crippen LogP contribution in [0.15, 0.2) is 65.7 Å². The summed E-state index contributed by atoms with van der Waals surface area (Å²) >= 11 is 2.81. The maximum absolute atomic E-state index is 13.2.